The second-order valence-electron chi connectivity index (χ2n) is 13.3. The molecule has 7 rings (SSSR count). The largest absolute Gasteiger partial charge is 0.456 e. The summed E-state index contributed by atoms with van der Waals surface area (Å²) >= 11 is 0. The topological polar surface area (TPSA) is 164 Å². The number of non-ortho nitro benzene ring substituents is 1. The van der Waals surface area contributed by atoms with Gasteiger partial charge >= 0.3 is 18.2 Å². The molecule has 0 saturated heterocycles. The molecule has 280 valence electrons. The van der Waals surface area contributed by atoms with Crippen molar-refractivity contribution in [1.82, 2.24) is 0 Å². The zero-order valence-corrected chi connectivity index (χ0v) is 30.7. The third-order valence-corrected chi connectivity index (χ3v) is 9.85. The number of rotatable bonds is 9. The number of nitro benzene ring substituents is 1. The number of carbonyl (C=O) groups is 3. The minimum absolute atomic E-state index is 0.0473. The monoisotopic (exact) mass is 742 g/mol. The highest BCUT2D eigenvalue weighted by atomic mass is 16.6. The lowest BCUT2D eigenvalue weighted by atomic mass is 9.76. The van der Waals surface area contributed by atoms with Gasteiger partial charge in [-0.05, 0) is 92.4 Å². The standard InChI is InChI=1S/C42H38N4O9/c1-5-44(40(48)52-23-27-11-15-29(43)16-12-27)35-21-37-33(19-25(35)3)42(32-10-8-7-9-31(32)39(47)55-42)34-20-26(4)36(22-38(34)54-37)45(6-2)41(49)53-24-28-13-17-30(18-14-28)46(50)51/h7-22H,5-6,23-24,43H2,1-4H3. The molecule has 5 aromatic carbocycles. The lowest BCUT2D eigenvalue weighted by molar-refractivity contribution is -0.384. The molecule has 2 heterocycles. The molecule has 1 atom stereocenters. The van der Waals surface area contributed by atoms with Gasteiger partial charge in [0, 0.05) is 59.7 Å². The smallest absolute Gasteiger partial charge is 0.414 e. The van der Waals surface area contributed by atoms with Gasteiger partial charge in [0.1, 0.15) is 24.7 Å². The van der Waals surface area contributed by atoms with E-state index in [1.807, 2.05) is 45.0 Å². The summed E-state index contributed by atoms with van der Waals surface area (Å²) in [6.45, 7) is 7.83. The second-order valence-corrected chi connectivity index (χ2v) is 13.3. The Bertz CT molecular complexity index is 2340. The van der Waals surface area contributed by atoms with Crippen molar-refractivity contribution < 1.29 is 38.3 Å². The summed E-state index contributed by atoms with van der Waals surface area (Å²) < 4.78 is 24.4. The highest BCUT2D eigenvalue weighted by Crippen LogP contribution is 2.58. The molecule has 0 bridgehead atoms. The molecule has 0 aromatic heterocycles. The van der Waals surface area contributed by atoms with Crippen LogP contribution in [-0.2, 0) is 33.0 Å². The summed E-state index contributed by atoms with van der Waals surface area (Å²) in [5, 5.41) is 11.1. The number of benzene rings is 5. The SMILES string of the molecule is CCN(C(=O)OCc1ccc(N)cc1)c1cc2c(cc1C)C1(OC(=O)c3ccccc31)c1cc(C)c(N(CC)C(=O)OCc3ccc([N+](=O)[O-])cc3)cc1O2. The van der Waals surface area contributed by atoms with Crippen molar-refractivity contribution in [2.24, 2.45) is 0 Å². The second kappa shape index (κ2) is 14.5. The van der Waals surface area contributed by atoms with Crippen LogP contribution in [0.4, 0.5) is 32.3 Å². The van der Waals surface area contributed by atoms with Crippen LogP contribution >= 0.6 is 0 Å². The molecular weight excluding hydrogens is 704 g/mol. The van der Waals surface area contributed by atoms with Crippen molar-refractivity contribution in [3.63, 3.8) is 0 Å². The van der Waals surface area contributed by atoms with Crippen molar-refractivity contribution in [1.29, 1.82) is 0 Å². The number of aryl methyl sites for hydroxylation is 2. The number of nitro groups is 1. The fraction of sp³-hybridized carbons (Fsp3) is 0.214. The van der Waals surface area contributed by atoms with Gasteiger partial charge in [0.05, 0.1) is 21.9 Å². The Balaban J connectivity index is 1.26. The van der Waals surface area contributed by atoms with Crippen LogP contribution in [0.3, 0.4) is 0 Å². The molecule has 2 amide bonds. The number of carbonyl (C=O) groups excluding carboxylic acids is 3. The van der Waals surface area contributed by atoms with Crippen LogP contribution in [0.15, 0.2) is 97.1 Å². The number of hydrogen-bond donors (Lipinski definition) is 1. The zero-order valence-electron chi connectivity index (χ0n) is 30.7. The minimum atomic E-state index is -1.40. The molecule has 0 radical (unpaired) electrons. The van der Waals surface area contributed by atoms with Gasteiger partial charge in [0.2, 0.25) is 0 Å². The molecule has 55 heavy (non-hydrogen) atoms. The molecule has 2 N–H and O–H groups in total. The van der Waals surface area contributed by atoms with Gasteiger partial charge in [-0.25, -0.2) is 14.4 Å². The Hall–Kier alpha value is -6.89. The average Bonchev–Trinajstić information content (AvgIpc) is 3.48. The molecule has 13 nitrogen and oxygen atoms in total. The first-order valence-electron chi connectivity index (χ1n) is 17.7. The highest BCUT2D eigenvalue weighted by Gasteiger charge is 2.54. The third-order valence-electron chi connectivity index (χ3n) is 9.85. The van der Waals surface area contributed by atoms with Gasteiger partial charge < -0.3 is 24.7 Å². The van der Waals surface area contributed by atoms with Gasteiger partial charge in [-0.2, -0.15) is 0 Å². The first kappa shape index (κ1) is 36.5. The Morgan fingerprint density at radius 1 is 0.745 bits per heavy atom. The number of hydrogen-bond acceptors (Lipinski definition) is 10. The Morgan fingerprint density at radius 3 is 1.73 bits per heavy atom. The number of nitrogens with zero attached hydrogens (tertiary/aromatic N) is 3. The van der Waals surface area contributed by atoms with E-state index in [1.165, 1.54) is 34.1 Å². The summed E-state index contributed by atoms with van der Waals surface area (Å²) in [7, 11) is 0. The van der Waals surface area contributed by atoms with Crippen molar-refractivity contribution >= 4 is 40.9 Å². The fourth-order valence-electron chi connectivity index (χ4n) is 7.11. The number of anilines is 3. The average molecular weight is 743 g/mol. The summed E-state index contributed by atoms with van der Waals surface area (Å²) in [6, 6.07) is 27.2. The van der Waals surface area contributed by atoms with Crippen LogP contribution in [0.25, 0.3) is 0 Å². The molecular formula is C42H38N4O9. The van der Waals surface area contributed by atoms with E-state index in [0.717, 1.165) is 11.1 Å². The molecule has 0 fully saturated rings. The van der Waals surface area contributed by atoms with Crippen LogP contribution in [-0.4, -0.2) is 36.2 Å². The number of nitrogen functional groups attached to an aromatic ring is 1. The van der Waals surface area contributed by atoms with Crippen LogP contribution in [0, 0.1) is 24.0 Å². The molecule has 1 spiro atoms. The van der Waals surface area contributed by atoms with E-state index in [4.69, 9.17) is 24.7 Å². The van der Waals surface area contributed by atoms with Gasteiger partial charge in [-0.15, -0.1) is 0 Å². The van der Waals surface area contributed by atoms with E-state index in [-0.39, 0.29) is 32.0 Å². The molecule has 2 aliphatic rings. The van der Waals surface area contributed by atoms with E-state index in [9.17, 15) is 24.5 Å². The van der Waals surface area contributed by atoms with E-state index in [1.54, 1.807) is 55.5 Å². The predicted molar refractivity (Wildman–Crippen MR) is 205 cm³/mol. The lowest BCUT2D eigenvalue weighted by Crippen LogP contribution is -2.36. The fourth-order valence-corrected chi connectivity index (χ4v) is 7.11. The van der Waals surface area contributed by atoms with Crippen molar-refractivity contribution in [2.75, 3.05) is 28.6 Å². The van der Waals surface area contributed by atoms with Crippen LogP contribution < -0.4 is 20.3 Å². The normalized spacial score (nSPS) is 14.9. The number of esters is 1. The van der Waals surface area contributed by atoms with Crippen molar-refractivity contribution in [3.8, 4) is 11.5 Å². The Labute approximate surface area is 316 Å². The molecule has 0 aliphatic carbocycles. The predicted octanol–water partition coefficient (Wildman–Crippen LogP) is 8.69. The number of fused-ring (bicyclic) bond motifs is 6. The Kier molecular flexibility index (Phi) is 9.61. The Morgan fingerprint density at radius 2 is 1.24 bits per heavy atom. The summed E-state index contributed by atoms with van der Waals surface area (Å²) in [4.78, 5) is 54.1. The van der Waals surface area contributed by atoms with Crippen molar-refractivity contribution in [2.45, 2.75) is 46.5 Å². The molecule has 13 heteroatoms. The van der Waals surface area contributed by atoms with Gasteiger partial charge in [-0.1, -0.05) is 30.3 Å². The third kappa shape index (κ3) is 6.54. The van der Waals surface area contributed by atoms with Gasteiger partial charge in [0.15, 0.2) is 5.60 Å². The van der Waals surface area contributed by atoms with E-state index >= 15 is 0 Å². The zero-order chi connectivity index (χ0) is 39.0. The summed E-state index contributed by atoms with van der Waals surface area (Å²) in [5.41, 5.74) is 11.0. The van der Waals surface area contributed by atoms with Crippen LogP contribution in [0.2, 0.25) is 0 Å². The maximum Gasteiger partial charge on any atom is 0.414 e. The quantitative estimate of drug-likeness (QED) is 0.0508. The maximum absolute atomic E-state index is 13.6. The highest BCUT2D eigenvalue weighted by molar-refractivity contribution is 5.98. The molecule has 1 unspecified atom stereocenters. The van der Waals surface area contributed by atoms with Gasteiger partial charge in [-0.3, -0.25) is 19.9 Å². The van der Waals surface area contributed by atoms with Crippen LogP contribution in [0.1, 0.15) is 63.1 Å². The van der Waals surface area contributed by atoms with E-state index in [2.05, 4.69) is 0 Å². The summed E-state index contributed by atoms with van der Waals surface area (Å²) in [6.07, 6.45) is -1.20. The van der Waals surface area contributed by atoms with E-state index in [0.29, 0.717) is 61.9 Å². The minimum Gasteiger partial charge on any atom is -0.456 e. The number of amides is 2. The van der Waals surface area contributed by atoms with Crippen molar-refractivity contribution in [3.05, 3.63) is 152 Å². The first-order valence-corrected chi connectivity index (χ1v) is 17.7. The molecule has 5 aromatic rings. The number of nitrogens with two attached hydrogens (primary N) is 1. The molecule has 2 aliphatic heterocycles. The molecule has 0 saturated carbocycles. The van der Waals surface area contributed by atoms with E-state index < -0.39 is 28.7 Å². The first-order chi connectivity index (χ1) is 26.4. The number of ether oxygens (including phenoxy) is 4. The van der Waals surface area contributed by atoms with Crippen LogP contribution in [0.5, 0.6) is 11.5 Å². The lowest BCUT2D eigenvalue weighted by Gasteiger charge is -2.38. The van der Waals surface area contributed by atoms with Gasteiger partial charge in [0.25, 0.3) is 5.69 Å². The summed E-state index contributed by atoms with van der Waals surface area (Å²) in [5.74, 6) is 0.188. The maximum atomic E-state index is 13.6.